The van der Waals surface area contributed by atoms with Crippen molar-refractivity contribution in [3.05, 3.63) is 211 Å². The van der Waals surface area contributed by atoms with Gasteiger partial charge in [0.25, 0.3) is 0 Å². The molecule has 6 aromatic carbocycles. The Morgan fingerprint density at radius 1 is 0.333 bits per heavy atom. The number of imidazole rings is 3. The van der Waals surface area contributed by atoms with Gasteiger partial charge in [0.1, 0.15) is 71.8 Å². The minimum Gasteiger partial charge on any atom is -0.496 e. The van der Waals surface area contributed by atoms with Crippen LogP contribution in [0.15, 0.2) is 125 Å². The second kappa shape index (κ2) is 29.3. The highest BCUT2D eigenvalue weighted by molar-refractivity contribution is 7.89. The molecule has 10 rings (SSSR count). The Balaban J connectivity index is 1.39. The van der Waals surface area contributed by atoms with E-state index in [0.29, 0.717) is 119 Å². The summed E-state index contributed by atoms with van der Waals surface area (Å²) in [5, 5.41) is 0. The van der Waals surface area contributed by atoms with Gasteiger partial charge in [-0.3, -0.25) is 0 Å². The van der Waals surface area contributed by atoms with Crippen molar-refractivity contribution in [2.75, 3.05) is 63.6 Å². The van der Waals surface area contributed by atoms with E-state index >= 15 is 0 Å². The van der Waals surface area contributed by atoms with Gasteiger partial charge in [0, 0.05) is 173 Å². The Bertz CT molecular complexity index is 4350. The van der Waals surface area contributed by atoms with Crippen LogP contribution >= 0.6 is 0 Å². The molecule has 0 amide bonds. The lowest BCUT2D eigenvalue weighted by Crippen LogP contribution is -2.23. The SMILES string of the molecule is COc1c2cc(S(=O)(=O)N(C)C)cc1Cc1cc(C(C)(C)C)cc(c1OCc1nccn1C)Cc1cc(S(=O)(=O)N(C)C)cc(c1OC)Cc1cc(C(C)(C)C)cc(c1OCc1nccn1C)Cc1cc(S(=O)(=O)N(C)C)cc(c1OC)Cc1cc(C(C)(C)C)cc(c1OCc1nccn1C)C2. The van der Waals surface area contributed by atoms with Crippen molar-refractivity contribution in [3.8, 4) is 34.5 Å². The number of fused-ring (bicyclic) bond motifs is 12. The van der Waals surface area contributed by atoms with E-state index in [2.05, 4.69) is 114 Å². The van der Waals surface area contributed by atoms with Crippen LogP contribution in [0.3, 0.4) is 0 Å². The number of hydrogen-bond acceptors (Lipinski definition) is 15. The number of aryl methyl sites for hydroxylation is 3. The van der Waals surface area contributed by atoms with Crippen molar-refractivity contribution in [2.45, 2.75) is 152 Å². The molecule has 12 bridgehead atoms. The molecule has 0 atom stereocenters. The third kappa shape index (κ3) is 16.0. The van der Waals surface area contributed by atoms with Gasteiger partial charge in [0.15, 0.2) is 0 Å². The van der Waals surface area contributed by atoms with E-state index in [1.54, 1.807) is 76.3 Å². The maximum absolute atomic E-state index is 14.9. The first-order valence-electron chi connectivity index (χ1n) is 33.9. The van der Waals surface area contributed by atoms with Crippen LogP contribution in [0.2, 0.25) is 0 Å². The van der Waals surface area contributed by atoms with Crippen molar-refractivity contribution >= 4 is 30.1 Å². The van der Waals surface area contributed by atoms with Crippen LogP contribution in [0, 0.1) is 0 Å². The van der Waals surface area contributed by atoms with E-state index in [0.717, 1.165) is 16.7 Å². The summed E-state index contributed by atoms with van der Waals surface area (Å²) < 4.78 is 140. The fourth-order valence-corrected chi connectivity index (χ4v) is 16.0. The standard InChI is InChI=1S/C78H99N9O12S3/c1-76(2,3)61-34-49-28-55-40-64(100(88,89)82(10)11)42-57(70(55)94-19)30-51-36-62(77(4,5)6)38-53(74(51)98-47-68-80-23-26-86(68)17)32-59-44-66(102(92,93)84(14)15)45-60(72(59)96-21)33-54-39-63(78(7,8)9)37-52(75(54)99-48-69-81-24-27-87(69)18)31-58-43-65(101(90,91)83(12)13)41-56(71(58)95-20)29-50(35-61)73(49)97-46-67-79-22-25-85(67)16/h22-27,34-45H,28-33,46-48H2,1-21H3. The average Bonchev–Trinajstić information content (AvgIpc) is 1.07. The van der Waals surface area contributed by atoms with E-state index < -0.39 is 46.3 Å². The van der Waals surface area contributed by atoms with Crippen molar-refractivity contribution in [1.29, 1.82) is 0 Å². The number of methoxy groups -OCH3 is 3. The number of hydrogen-bond donors (Lipinski definition) is 0. The minimum atomic E-state index is -4.17. The van der Waals surface area contributed by atoms with Gasteiger partial charge in [-0.2, -0.15) is 0 Å². The first-order valence-corrected chi connectivity index (χ1v) is 38.2. The predicted octanol–water partition coefficient (Wildman–Crippen LogP) is 12.2. The summed E-state index contributed by atoms with van der Waals surface area (Å²) in [5.74, 6) is 4.54. The van der Waals surface area contributed by atoms with E-state index in [9.17, 15) is 25.3 Å². The number of rotatable bonds is 18. The molecule has 0 saturated carbocycles. The van der Waals surface area contributed by atoms with E-state index in [-0.39, 0.29) is 73.0 Å². The molecular formula is C78H99N9O12S3. The molecule has 546 valence electrons. The molecule has 0 saturated heterocycles. The van der Waals surface area contributed by atoms with Crippen LogP contribution in [0.5, 0.6) is 34.5 Å². The molecule has 0 N–H and O–H groups in total. The molecule has 1 aliphatic rings. The molecular weight excluding hydrogens is 1350 g/mol. The lowest BCUT2D eigenvalue weighted by atomic mass is 9.81. The van der Waals surface area contributed by atoms with Gasteiger partial charge in [-0.1, -0.05) is 98.7 Å². The number of nitrogens with zero attached hydrogens (tertiary/aromatic N) is 9. The van der Waals surface area contributed by atoms with Crippen molar-refractivity contribution in [3.63, 3.8) is 0 Å². The molecule has 0 fully saturated rings. The van der Waals surface area contributed by atoms with Crippen LogP contribution in [0.25, 0.3) is 0 Å². The third-order valence-corrected chi connectivity index (χ3v) is 24.4. The molecule has 0 spiro atoms. The summed E-state index contributed by atoms with van der Waals surface area (Å²) in [6.45, 7) is 19.1. The molecule has 9 aromatic rings. The third-order valence-electron chi connectivity index (χ3n) is 19.0. The Labute approximate surface area is 603 Å². The van der Waals surface area contributed by atoms with Crippen LogP contribution in [-0.2, 0) is 126 Å². The predicted molar refractivity (Wildman–Crippen MR) is 396 cm³/mol. The summed E-state index contributed by atoms with van der Waals surface area (Å²) in [4.78, 5) is 14.0. The molecule has 21 nitrogen and oxygen atoms in total. The second-order valence-electron chi connectivity index (χ2n) is 30.1. The molecule has 24 heteroatoms. The van der Waals surface area contributed by atoms with Gasteiger partial charge >= 0.3 is 0 Å². The van der Waals surface area contributed by atoms with Crippen molar-refractivity contribution < 1.29 is 53.7 Å². The number of aromatic nitrogens is 6. The molecule has 0 aliphatic heterocycles. The summed E-state index contributed by atoms with van der Waals surface area (Å²) in [6, 6.07) is 22.6. The highest BCUT2D eigenvalue weighted by Crippen LogP contribution is 2.46. The molecule has 0 radical (unpaired) electrons. The average molecular weight is 1450 g/mol. The minimum absolute atomic E-state index is 0.0158. The maximum Gasteiger partial charge on any atom is 0.242 e. The quantitative estimate of drug-likeness (QED) is 0.0779. The highest BCUT2D eigenvalue weighted by Gasteiger charge is 2.33. The first-order chi connectivity index (χ1) is 47.7. The maximum atomic E-state index is 14.9. The Morgan fingerprint density at radius 3 is 0.667 bits per heavy atom. The van der Waals surface area contributed by atoms with E-state index in [4.69, 9.17) is 28.4 Å². The van der Waals surface area contributed by atoms with Gasteiger partial charge in [0.2, 0.25) is 30.1 Å². The second-order valence-corrected chi connectivity index (χ2v) is 36.6. The van der Waals surface area contributed by atoms with Crippen LogP contribution in [-0.4, -0.2) is 130 Å². The molecule has 3 heterocycles. The van der Waals surface area contributed by atoms with Crippen molar-refractivity contribution in [1.82, 2.24) is 41.6 Å². The normalized spacial score (nSPS) is 13.5. The smallest absolute Gasteiger partial charge is 0.242 e. The summed E-state index contributed by atoms with van der Waals surface area (Å²) in [7, 11) is 6.90. The van der Waals surface area contributed by atoms with Gasteiger partial charge < -0.3 is 42.1 Å². The fraction of sp³-hybridized carbons (Fsp3) is 0.423. The lowest BCUT2D eigenvalue weighted by Gasteiger charge is -2.27. The van der Waals surface area contributed by atoms with Crippen molar-refractivity contribution in [2.24, 2.45) is 21.1 Å². The van der Waals surface area contributed by atoms with E-state index in [1.807, 2.05) is 53.4 Å². The zero-order chi connectivity index (χ0) is 74.5. The largest absolute Gasteiger partial charge is 0.496 e. The zero-order valence-corrected chi connectivity index (χ0v) is 65.4. The first kappa shape index (κ1) is 76.1. The number of benzene rings is 6. The Kier molecular flexibility index (Phi) is 21.9. The topological polar surface area (TPSA) is 221 Å². The van der Waals surface area contributed by atoms with E-state index in [1.165, 1.54) is 55.2 Å². The van der Waals surface area contributed by atoms with Crippen LogP contribution in [0.1, 0.15) is 163 Å². The van der Waals surface area contributed by atoms with Crippen LogP contribution < -0.4 is 28.4 Å². The molecule has 102 heavy (non-hydrogen) atoms. The molecule has 1 aliphatic carbocycles. The van der Waals surface area contributed by atoms with Gasteiger partial charge in [-0.15, -0.1) is 0 Å². The monoisotopic (exact) mass is 1450 g/mol. The summed E-state index contributed by atoms with van der Waals surface area (Å²) in [5.41, 5.74) is 8.56. The Hall–Kier alpha value is -8.52. The lowest BCUT2D eigenvalue weighted by molar-refractivity contribution is 0.286. The van der Waals surface area contributed by atoms with Gasteiger partial charge in [-0.05, 0) is 103 Å². The van der Waals surface area contributed by atoms with Gasteiger partial charge in [-0.25, -0.2) is 53.1 Å². The fourth-order valence-electron chi connectivity index (χ4n) is 13.0. The summed E-state index contributed by atoms with van der Waals surface area (Å²) >= 11 is 0. The highest BCUT2D eigenvalue weighted by atomic mass is 32.2. The zero-order valence-electron chi connectivity index (χ0n) is 62.9. The van der Waals surface area contributed by atoms with Gasteiger partial charge in [0.05, 0.1) is 36.0 Å². The number of sulfonamides is 3. The summed E-state index contributed by atoms with van der Waals surface area (Å²) in [6.07, 6.45) is 11.1. The molecule has 0 unspecified atom stereocenters. The van der Waals surface area contributed by atoms with Crippen LogP contribution in [0.4, 0.5) is 0 Å². The Morgan fingerprint density at radius 2 is 0.520 bits per heavy atom. The molecule has 3 aromatic heterocycles. The number of ether oxygens (including phenoxy) is 6.